The SMILES string of the molecule is O=C(O)CCc1ccc(OCC2CO2)cc1. The first-order valence-electron chi connectivity index (χ1n) is 5.29. The van der Waals surface area contributed by atoms with E-state index in [0.717, 1.165) is 17.9 Å². The van der Waals surface area contributed by atoms with E-state index in [1.807, 2.05) is 24.3 Å². The van der Waals surface area contributed by atoms with Crippen LogP contribution in [0.15, 0.2) is 24.3 Å². The van der Waals surface area contributed by atoms with Gasteiger partial charge in [0.15, 0.2) is 0 Å². The number of carboxylic acids is 1. The molecule has 0 saturated carbocycles. The molecule has 2 rings (SSSR count). The van der Waals surface area contributed by atoms with Crippen LogP contribution in [-0.2, 0) is 16.0 Å². The first-order chi connectivity index (χ1) is 7.74. The summed E-state index contributed by atoms with van der Waals surface area (Å²) in [6.45, 7) is 1.38. The van der Waals surface area contributed by atoms with E-state index in [0.29, 0.717) is 13.0 Å². The minimum Gasteiger partial charge on any atom is -0.491 e. The van der Waals surface area contributed by atoms with Gasteiger partial charge in [0.1, 0.15) is 18.5 Å². The molecule has 0 aromatic heterocycles. The molecule has 1 aliphatic heterocycles. The molecule has 0 aliphatic carbocycles. The second kappa shape index (κ2) is 4.99. The van der Waals surface area contributed by atoms with Crippen molar-refractivity contribution in [1.82, 2.24) is 0 Å². The van der Waals surface area contributed by atoms with E-state index in [9.17, 15) is 4.79 Å². The second-order valence-corrected chi connectivity index (χ2v) is 3.80. The molecule has 1 fully saturated rings. The van der Waals surface area contributed by atoms with Gasteiger partial charge in [-0.3, -0.25) is 4.79 Å². The fourth-order valence-electron chi connectivity index (χ4n) is 1.36. The van der Waals surface area contributed by atoms with Crippen LogP contribution in [0.2, 0.25) is 0 Å². The second-order valence-electron chi connectivity index (χ2n) is 3.80. The van der Waals surface area contributed by atoms with Crippen LogP contribution in [-0.4, -0.2) is 30.4 Å². The number of hydrogen-bond acceptors (Lipinski definition) is 3. The van der Waals surface area contributed by atoms with Crippen molar-refractivity contribution in [3.05, 3.63) is 29.8 Å². The molecule has 4 heteroatoms. The van der Waals surface area contributed by atoms with Gasteiger partial charge in [0.25, 0.3) is 0 Å². The van der Waals surface area contributed by atoms with Crippen molar-refractivity contribution in [2.24, 2.45) is 0 Å². The van der Waals surface area contributed by atoms with E-state index in [4.69, 9.17) is 14.6 Å². The van der Waals surface area contributed by atoms with E-state index >= 15 is 0 Å². The molecule has 1 atom stereocenters. The van der Waals surface area contributed by atoms with Crippen molar-refractivity contribution in [3.63, 3.8) is 0 Å². The highest BCUT2D eigenvalue weighted by Gasteiger charge is 2.22. The van der Waals surface area contributed by atoms with Crippen molar-refractivity contribution in [1.29, 1.82) is 0 Å². The Balaban J connectivity index is 1.80. The lowest BCUT2D eigenvalue weighted by Crippen LogP contribution is -2.04. The Morgan fingerprint density at radius 1 is 1.44 bits per heavy atom. The van der Waals surface area contributed by atoms with Crippen LogP contribution in [0.1, 0.15) is 12.0 Å². The molecule has 4 nitrogen and oxygen atoms in total. The number of ether oxygens (including phenoxy) is 2. The average Bonchev–Trinajstić information content (AvgIpc) is 3.09. The van der Waals surface area contributed by atoms with Crippen LogP contribution >= 0.6 is 0 Å². The van der Waals surface area contributed by atoms with Gasteiger partial charge in [-0.15, -0.1) is 0 Å². The number of rotatable bonds is 6. The third kappa shape index (κ3) is 3.55. The summed E-state index contributed by atoms with van der Waals surface area (Å²) in [6, 6.07) is 7.51. The maximum atomic E-state index is 10.4. The highest BCUT2D eigenvalue weighted by molar-refractivity contribution is 5.67. The lowest BCUT2D eigenvalue weighted by Gasteiger charge is -2.05. The molecule has 0 amide bonds. The van der Waals surface area contributed by atoms with Crippen LogP contribution in [0.5, 0.6) is 5.75 Å². The number of carbonyl (C=O) groups is 1. The number of hydrogen-bond donors (Lipinski definition) is 1. The zero-order valence-electron chi connectivity index (χ0n) is 8.89. The summed E-state index contributed by atoms with van der Waals surface area (Å²) in [5.74, 6) is 0.0285. The Morgan fingerprint density at radius 2 is 2.12 bits per heavy atom. The van der Waals surface area contributed by atoms with Crippen molar-refractivity contribution in [3.8, 4) is 5.75 Å². The van der Waals surface area contributed by atoms with Crippen molar-refractivity contribution in [2.45, 2.75) is 18.9 Å². The van der Waals surface area contributed by atoms with Gasteiger partial charge in [-0.1, -0.05) is 12.1 Å². The van der Waals surface area contributed by atoms with Crippen LogP contribution in [0.3, 0.4) is 0 Å². The Kier molecular flexibility index (Phi) is 3.41. The third-order valence-electron chi connectivity index (χ3n) is 2.39. The fourth-order valence-corrected chi connectivity index (χ4v) is 1.36. The molecular formula is C12H14O4. The minimum absolute atomic E-state index is 0.163. The van der Waals surface area contributed by atoms with Gasteiger partial charge in [-0.2, -0.15) is 0 Å². The summed E-state index contributed by atoms with van der Waals surface area (Å²) in [7, 11) is 0. The van der Waals surface area contributed by atoms with E-state index in [-0.39, 0.29) is 12.5 Å². The topological polar surface area (TPSA) is 59.1 Å². The summed E-state index contributed by atoms with van der Waals surface area (Å²) < 4.78 is 10.5. The third-order valence-corrected chi connectivity index (χ3v) is 2.39. The molecule has 1 aliphatic rings. The van der Waals surface area contributed by atoms with Gasteiger partial charge >= 0.3 is 5.97 Å². The van der Waals surface area contributed by atoms with Crippen LogP contribution in [0.4, 0.5) is 0 Å². The lowest BCUT2D eigenvalue weighted by atomic mass is 10.1. The molecule has 0 radical (unpaired) electrons. The maximum absolute atomic E-state index is 10.4. The van der Waals surface area contributed by atoms with Crippen molar-refractivity contribution < 1.29 is 19.4 Å². The number of epoxide rings is 1. The molecule has 1 N–H and O–H groups in total. The summed E-state index contributed by atoms with van der Waals surface area (Å²) in [6.07, 6.45) is 0.976. The highest BCUT2D eigenvalue weighted by Crippen LogP contribution is 2.16. The van der Waals surface area contributed by atoms with E-state index in [1.54, 1.807) is 0 Å². The zero-order chi connectivity index (χ0) is 11.4. The lowest BCUT2D eigenvalue weighted by molar-refractivity contribution is -0.136. The predicted molar refractivity (Wildman–Crippen MR) is 57.6 cm³/mol. The quantitative estimate of drug-likeness (QED) is 0.741. The number of aryl methyl sites for hydroxylation is 1. The van der Waals surface area contributed by atoms with Crippen molar-refractivity contribution in [2.75, 3.05) is 13.2 Å². The summed E-state index contributed by atoms with van der Waals surface area (Å²) in [4.78, 5) is 10.4. The predicted octanol–water partition coefficient (Wildman–Crippen LogP) is 1.48. The van der Waals surface area contributed by atoms with E-state index in [2.05, 4.69) is 0 Å². The Hall–Kier alpha value is -1.55. The van der Waals surface area contributed by atoms with Crippen LogP contribution < -0.4 is 4.74 Å². The van der Waals surface area contributed by atoms with Crippen LogP contribution in [0.25, 0.3) is 0 Å². The Morgan fingerprint density at radius 3 is 2.69 bits per heavy atom. The number of carboxylic acid groups (broad SMARTS) is 1. The largest absolute Gasteiger partial charge is 0.491 e. The molecule has 1 heterocycles. The number of benzene rings is 1. The normalized spacial score (nSPS) is 18.1. The van der Waals surface area contributed by atoms with Gasteiger partial charge in [-0.25, -0.2) is 0 Å². The van der Waals surface area contributed by atoms with Gasteiger partial charge < -0.3 is 14.6 Å². The monoisotopic (exact) mass is 222 g/mol. The smallest absolute Gasteiger partial charge is 0.303 e. The minimum atomic E-state index is -0.772. The first-order valence-corrected chi connectivity index (χ1v) is 5.29. The first kappa shape index (κ1) is 11.0. The van der Waals surface area contributed by atoms with Gasteiger partial charge in [0.2, 0.25) is 0 Å². The molecule has 86 valence electrons. The van der Waals surface area contributed by atoms with Crippen molar-refractivity contribution >= 4 is 5.97 Å². The van der Waals surface area contributed by atoms with Gasteiger partial charge in [0, 0.05) is 6.42 Å². The van der Waals surface area contributed by atoms with E-state index in [1.165, 1.54) is 0 Å². The standard InChI is InChI=1S/C12H14O4/c13-12(14)6-3-9-1-4-10(5-2-9)15-7-11-8-16-11/h1-2,4-5,11H,3,6-8H2,(H,13,14). The maximum Gasteiger partial charge on any atom is 0.303 e. The van der Waals surface area contributed by atoms with Crippen LogP contribution in [0, 0.1) is 0 Å². The molecule has 0 spiro atoms. The molecule has 1 unspecified atom stereocenters. The zero-order valence-corrected chi connectivity index (χ0v) is 8.89. The Labute approximate surface area is 93.8 Å². The highest BCUT2D eigenvalue weighted by atomic mass is 16.6. The summed E-state index contributed by atoms with van der Waals surface area (Å²) >= 11 is 0. The molecule has 16 heavy (non-hydrogen) atoms. The summed E-state index contributed by atoms with van der Waals surface area (Å²) in [5, 5.41) is 8.54. The molecule has 1 aromatic rings. The molecule has 1 aromatic carbocycles. The molecule has 1 saturated heterocycles. The molecule has 0 bridgehead atoms. The molecular weight excluding hydrogens is 208 g/mol. The van der Waals surface area contributed by atoms with Gasteiger partial charge in [0.05, 0.1) is 6.61 Å². The fraction of sp³-hybridized carbons (Fsp3) is 0.417. The average molecular weight is 222 g/mol. The van der Waals surface area contributed by atoms with Gasteiger partial charge in [-0.05, 0) is 24.1 Å². The number of aliphatic carboxylic acids is 1. The van der Waals surface area contributed by atoms with E-state index < -0.39 is 5.97 Å². The Bertz CT molecular complexity index is 354. The summed E-state index contributed by atoms with van der Waals surface area (Å²) in [5.41, 5.74) is 1.01.